The monoisotopic (exact) mass is 409 g/mol. The minimum absolute atomic E-state index is 0.120. The van der Waals surface area contributed by atoms with Crippen LogP contribution in [0.15, 0.2) is 53.4 Å². The van der Waals surface area contributed by atoms with Gasteiger partial charge in [0.2, 0.25) is 5.91 Å². The van der Waals surface area contributed by atoms with Crippen LogP contribution in [0.2, 0.25) is 0 Å². The van der Waals surface area contributed by atoms with Crippen LogP contribution >= 0.6 is 0 Å². The Morgan fingerprint density at radius 1 is 1.27 bits per heavy atom. The van der Waals surface area contributed by atoms with E-state index in [1.807, 2.05) is 55.9 Å². The smallest absolute Gasteiger partial charge is 0.276 e. The minimum Gasteiger partial charge on any atom is -0.354 e. The SMILES string of the molecule is CC(C)CN(CCC(=O)NCc1cccnc1)C(=O)c1cc(-c2cccn2C)on1. The van der Waals surface area contributed by atoms with Crippen LogP contribution < -0.4 is 5.32 Å². The number of hydrogen-bond acceptors (Lipinski definition) is 5. The number of aromatic nitrogens is 3. The van der Waals surface area contributed by atoms with E-state index in [1.165, 1.54) is 0 Å². The largest absolute Gasteiger partial charge is 0.354 e. The first-order valence-electron chi connectivity index (χ1n) is 9.97. The van der Waals surface area contributed by atoms with E-state index < -0.39 is 0 Å². The molecular weight excluding hydrogens is 382 g/mol. The lowest BCUT2D eigenvalue weighted by atomic mass is 10.2. The molecule has 0 atom stereocenters. The first kappa shape index (κ1) is 21.3. The van der Waals surface area contributed by atoms with Gasteiger partial charge in [-0.1, -0.05) is 25.1 Å². The highest BCUT2D eigenvalue weighted by molar-refractivity contribution is 5.93. The highest BCUT2D eigenvalue weighted by Crippen LogP contribution is 2.21. The van der Waals surface area contributed by atoms with Gasteiger partial charge in [0.05, 0.1) is 5.69 Å². The Morgan fingerprint density at radius 2 is 2.10 bits per heavy atom. The summed E-state index contributed by atoms with van der Waals surface area (Å²) < 4.78 is 7.27. The fraction of sp³-hybridized carbons (Fsp3) is 0.364. The fourth-order valence-corrected chi connectivity index (χ4v) is 3.12. The van der Waals surface area contributed by atoms with Crippen molar-refractivity contribution in [2.75, 3.05) is 13.1 Å². The molecule has 0 aromatic carbocycles. The van der Waals surface area contributed by atoms with Gasteiger partial charge in [-0.2, -0.15) is 0 Å². The van der Waals surface area contributed by atoms with E-state index in [1.54, 1.807) is 23.4 Å². The third-order valence-electron chi connectivity index (χ3n) is 4.62. The zero-order valence-electron chi connectivity index (χ0n) is 17.5. The number of nitrogens with zero attached hydrogens (tertiary/aromatic N) is 4. The first-order valence-corrected chi connectivity index (χ1v) is 9.97. The Kier molecular flexibility index (Phi) is 7.00. The third-order valence-corrected chi connectivity index (χ3v) is 4.62. The second-order valence-corrected chi connectivity index (χ2v) is 7.61. The molecule has 0 bridgehead atoms. The summed E-state index contributed by atoms with van der Waals surface area (Å²) >= 11 is 0. The summed E-state index contributed by atoms with van der Waals surface area (Å²) in [5.41, 5.74) is 2.01. The van der Waals surface area contributed by atoms with E-state index in [9.17, 15) is 9.59 Å². The van der Waals surface area contributed by atoms with Gasteiger partial charge in [0.1, 0.15) is 0 Å². The standard InChI is InChI=1S/C22H27N5O3/c1-16(2)15-27(11-8-21(28)24-14-17-6-4-9-23-13-17)22(29)18-12-20(30-25-18)19-7-5-10-26(19)3/h4-7,9-10,12-13,16H,8,11,14-15H2,1-3H3,(H,24,28). The zero-order valence-corrected chi connectivity index (χ0v) is 17.5. The molecule has 0 fully saturated rings. The molecule has 0 aliphatic rings. The van der Waals surface area contributed by atoms with E-state index in [2.05, 4.69) is 15.5 Å². The molecule has 3 rings (SSSR count). The molecule has 1 N–H and O–H groups in total. The molecule has 30 heavy (non-hydrogen) atoms. The summed E-state index contributed by atoms with van der Waals surface area (Å²) in [6, 6.07) is 9.16. The highest BCUT2D eigenvalue weighted by Gasteiger charge is 2.22. The molecule has 0 saturated heterocycles. The Labute approximate surface area is 175 Å². The van der Waals surface area contributed by atoms with Gasteiger partial charge in [-0.3, -0.25) is 14.6 Å². The lowest BCUT2D eigenvalue weighted by Crippen LogP contribution is -2.37. The number of nitrogens with one attached hydrogen (secondary N) is 1. The van der Waals surface area contributed by atoms with E-state index in [0.717, 1.165) is 11.3 Å². The second-order valence-electron chi connectivity index (χ2n) is 7.61. The van der Waals surface area contributed by atoms with Gasteiger partial charge in [-0.15, -0.1) is 0 Å². The maximum Gasteiger partial charge on any atom is 0.276 e. The molecule has 0 aliphatic heterocycles. The van der Waals surface area contributed by atoms with Gasteiger partial charge in [0, 0.05) is 57.8 Å². The lowest BCUT2D eigenvalue weighted by Gasteiger charge is -2.23. The molecular formula is C22H27N5O3. The quantitative estimate of drug-likeness (QED) is 0.587. The lowest BCUT2D eigenvalue weighted by molar-refractivity contribution is -0.121. The average molecular weight is 409 g/mol. The van der Waals surface area contributed by atoms with Crippen LogP contribution in [0.5, 0.6) is 0 Å². The van der Waals surface area contributed by atoms with Crippen LogP contribution in [-0.2, 0) is 18.4 Å². The molecule has 0 aliphatic carbocycles. The second kappa shape index (κ2) is 9.87. The molecule has 0 radical (unpaired) electrons. The van der Waals surface area contributed by atoms with E-state index >= 15 is 0 Å². The molecule has 3 aromatic rings. The molecule has 8 heteroatoms. The average Bonchev–Trinajstić information content (AvgIpc) is 3.38. The Balaban J connectivity index is 1.61. The summed E-state index contributed by atoms with van der Waals surface area (Å²) in [7, 11) is 1.90. The molecule has 3 heterocycles. The van der Waals surface area contributed by atoms with Crippen LogP contribution in [0.25, 0.3) is 11.5 Å². The molecule has 2 amide bonds. The molecule has 0 saturated carbocycles. The van der Waals surface area contributed by atoms with Crippen molar-refractivity contribution in [2.45, 2.75) is 26.8 Å². The summed E-state index contributed by atoms with van der Waals surface area (Å²) in [6.07, 6.45) is 5.51. The van der Waals surface area contributed by atoms with Crippen LogP contribution in [0.1, 0.15) is 36.3 Å². The minimum atomic E-state index is -0.243. The maximum absolute atomic E-state index is 13.0. The van der Waals surface area contributed by atoms with Crippen molar-refractivity contribution in [1.29, 1.82) is 0 Å². The number of rotatable bonds is 9. The van der Waals surface area contributed by atoms with Crippen molar-refractivity contribution >= 4 is 11.8 Å². The van der Waals surface area contributed by atoms with Gasteiger partial charge >= 0.3 is 0 Å². The predicted molar refractivity (Wildman–Crippen MR) is 112 cm³/mol. The van der Waals surface area contributed by atoms with E-state index in [0.29, 0.717) is 25.4 Å². The number of carbonyl (C=O) groups excluding carboxylic acids is 2. The molecule has 158 valence electrons. The van der Waals surface area contributed by atoms with Crippen molar-refractivity contribution in [3.63, 3.8) is 0 Å². The normalized spacial score (nSPS) is 10.9. The summed E-state index contributed by atoms with van der Waals surface area (Å²) in [5.74, 6) is 0.425. The Morgan fingerprint density at radius 3 is 2.77 bits per heavy atom. The van der Waals surface area contributed by atoms with Crippen molar-refractivity contribution in [3.8, 4) is 11.5 Å². The van der Waals surface area contributed by atoms with E-state index in [4.69, 9.17) is 4.52 Å². The number of hydrogen-bond donors (Lipinski definition) is 1. The third kappa shape index (κ3) is 5.56. The van der Waals surface area contributed by atoms with Crippen molar-refractivity contribution in [1.82, 2.24) is 24.9 Å². The molecule has 3 aromatic heterocycles. The summed E-state index contributed by atoms with van der Waals surface area (Å²) in [5, 5.41) is 6.82. The summed E-state index contributed by atoms with van der Waals surface area (Å²) in [4.78, 5) is 30.9. The maximum atomic E-state index is 13.0. The summed E-state index contributed by atoms with van der Waals surface area (Å²) in [6.45, 7) is 5.30. The highest BCUT2D eigenvalue weighted by atomic mass is 16.5. The van der Waals surface area contributed by atoms with Crippen LogP contribution in [-0.4, -0.2) is 44.5 Å². The first-order chi connectivity index (χ1) is 14.4. The number of pyridine rings is 1. The van der Waals surface area contributed by atoms with Crippen LogP contribution in [0, 0.1) is 5.92 Å². The Hall–Kier alpha value is -3.42. The van der Waals surface area contributed by atoms with Gasteiger partial charge in [0.25, 0.3) is 5.91 Å². The van der Waals surface area contributed by atoms with Crippen molar-refractivity contribution < 1.29 is 14.1 Å². The Bertz CT molecular complexity index is 978. The topological polar surface area (TPSA) is 93.3 Å². The number of carbonyl (C=O) groups is 2. The zero-order chi connectivity index (χ0) is 21.5. The molecule has 0 unspecified atom stereocenters. The van der Waals surface area contributed by atoms with Gasteiger partial charge < -0.3 is 19.3 Å². The predicted octanol–water partition coefficient (Wildman–Crippen LogP) is 2.88. The van der Waals surface area contributed by atoms with E-state index in [-0.39, 0.29) is 29.8 Å². The van der Waals surface area contributed by atoms with Crippen molar-refractivity contribution in [2.24, 2.45) is 13.0 Å². The number of aryl methyl sites for hydroxylation is 1. The van der Waals surface area contributed by atoms with Gasteiger partial charge in [-0.25, -0.2) is 0 Å². The number of amides is 2. The van der Waals surface area contributed by atoms with Crippen LogP contribution in [0.3, 0.4) is 0 Å². The van der Waals surface area contributed by atoms with Crippen molar-refractivity contribution in [3.05, 3.63) is 60.2 Å². The van der Waals surface area contributed by atoms with Crippen LogP contribution in [0.4, 0.5) is 0 Å². The molecule has 8 nitrogen and oxygen atoms in total. The molecule has 0 spiro atoms. The van der Waals surface area contributed by atoms with Gasteiger partial charge in [0.15, 0.2) is 11.5 Å². The fourth-order valence-electron chi connectivity index (χ4n) is 3.12. The van der Waals surface area contributed by atoms with Gasteiger partial charge in [-0.05, 0) is 29.7 Å².